The Balaban J connectivity index is 1.48. The Labute approximate surface area is 195 Å². The van der Waals surface area contributed by atoms with Crippen LogP contribution >= 0.6 is 0 Å². The first kappa shape index (κ1) is 21.5. The van der Waals surface area contributed by atoms with Gasteiger partial charge in [0, 0.05) is 30.8 Å². The zero-order valence-corrected chi connectivity index (χ0v) is 18.7. The van der Waals surface area contributed by atoms with Crippen molar-refractivity contribution < 1.29 is 9.84 Å². The maximum absolute atomic E-state index is 10.2. The van der Waals surface area contributed by atoms with Crippen molar-refractivity contribution >= 4 is 0 Å². The van der Waals surface area contributed by atoms with Crippen molar-refractivity contribution in [2.45, 2.75) is 31.8 Å². The Bertz CT molecular complexity index is 1050. The maximum Gasteiger partial charge on any atom is 0.139 e. The van der Waals surface area contributed by atoms with Gasteiger partial charge in [-0.1, -0.05) is 97.1 Å². The molecule has 2 unspecified atom stereocenters. The van der Waals surface area contributed by atoms with E-state index in [0.717, 1.165) is 31.0 Å². The van der Waals surface area contributed by atoms with Gasteiger partial charge in [0.2, 0.25) is 0 Å². The van der Waals surface area contributed by atoms with Crippen LogP contribution in [0.2, 0.25) is 0 Å². The fourth-order valence-corrected chi connectivity index (χ4v) is 4.68. The molecule has 168 valence electrons. The summed E-state index contributed by atoms with van der Waals surface area (Å²) in [6.07, 6.45) is 4.73. The average molecular weight is 439 g/mol. The molecule has 4 nitrogen and oxygen atoms in total. The molecule has 0 radical (unpaired) electrons. The van der Waals surface area contributed by atoms with Crippen molar-refractivity contribution in [3.05, 3.63) is 131 Å². The summed E-state index contributed by atoms with van der Waals surface area (Å²) in [6, 6.07) is 31.7. The third-order valence-electron chi connectivity index (χ3n) is 6.30. The minimum absolute atomic E-state index is 0.0343. The Hall–Kier alpha value is -3.34. The number of aliphatic hydroxyl groups is 1. The van der Waals surface area contributed by atoms with Gasteiger partial charge in [0.15, 0.2) is 0 Å². The van der Waals surface area contributed by atoms with Crippen LogP contribution in [0, 0.1) is 5.92 Å². The first-order valence-electron chi connectivity index (χ1n) is 11.6. The standard InChI is InChI=1S/C29H30N2O2/c32-28-21-33-27-18-26(17-25(29(27)30-28)16-22-10-4-1-5-11-22)31(19-23-12-6-2-7-13-23)20-24-14-8-3-9-15-24/h1-15,17-18,25,28-30,32H,16,19-21H2/t25?,28-,29?/m0/s1. The number of nitrogens with zero attached hydrogens (tertiary/aromatic N) is 1. The smallest absolute Gasteiger partial charge is 0.139 e. The van der Waals surface area contributed by atoms with E-state index in [2.05, 4.69) is 107 Å². The van der Waals surface area contributed by atoms with Gasteiger partial charge in [-0.3, -0.25) is 5.32 Å². The van der Waals surface area contributed by atoms with Gasteiger partial charge in [-0.15, -0.1) is 0 Å². The van der Waals surface area contributed by atoms with Crippen molar-refractivity contribution in [1.82, 2.24) is 10.2 Å². The molecule has 33 heavy (non-hydrogen) atoms. The molecule has 4 heteroatoms. The normalized spacial score (nSPS) is 21.9. The summed E-state index contributed by atoms with van der Waals surface area (Å²) in [5, 5.41) is 13.5. The molecule has 1 aliphatic heterocycles. The summed E-state index contributed by atoms with van der Waals surface area (Å²) in [4.78, 5) is 2.42. The lowest BCUT2D eigenvalue weighted by Crippen LogP contribution is -2.52. The zero-order chi connectivity index (χ0) is 22.5. The van der Waals surface area contributed by atoms with Gasteiger partial charge in [0.1, 0.15) is 18.6 Å². The third kappa shape index (κ3) is 5.36. The van der Waals surface area contributed by atoms with Gasteiger partial charge < -0.3 is 14.7 Å². The van der Waals surface area contributed by atoms with Crippen LogP contribution in [-0.4, -0.2) is 28.9 Å². The van der Waals surface area contributed by atoms with E-state index < -0.39 is 6.23 Å². The summed E-state index contributed by atoms with van der Waals surface area (Å²) < 4.78 is 6.02. The molecule has 3 aromatic carbocycles. The molecule has 5 rings (SSSR count). The van der Waals surface area contributed by atoms with E-state index in [4.69, 9.17) is 4.74 Å². The van der Waals surface area contributed by atoms with Gasteiger partial charge in [0.25, 0.3) is 0 Å². The van der Waals surface area contributed by atoms with Crippen molar-refractivity contribution in [3.63, 3.8) is 0 Å². The summed E-state index contributed by atoms with van der Waals surface area (Å²) in [5.41, 5.74) is 4.98. The molecule has 1 saturated heterocycles. The highest BCUT2D eigenvalue weighted by atomic mass is 16.5. The van der Waals surface area contributed by atoms with Gasteiger partial charge in [0.05, 0.1) is 6.04 Å². The second-order valence-electron chi connectivity index (χ2n) is 8.79. The number of rotatable bonds is 7. The molecule has 2 aliphatic rings. The molecule has 0 spiro atoms. The van der Waals surface area contributed by atoms with Gasteiger partial charge in [-0.2, -0.15) is 0 Å². The molecule has 0 saturated carbocycles. The van der Waals surface area contributed by atoms with E-state index in [-0.39, 0.29) is 18.6 Å². The minimum Gasteiger partial charge on any atom is -0.492 e. The molecular weight excluding hydrogens is 408 g/mol. The van der Waals surface area contributed by atoms with Gasteiger partial charge in [-0.25, -0.2) is 0 Å². The zero-order valence-electron chi connectivity index (χ0n) is 18.7. The number of morpholine rings is 1. The molecule has 3 aromatic rings. The van der Waals surface area contributed by atoms with E-state index in [1.807, 2.05) is 6.07 Å². The Morgan fingerprint density at radius 2 is 1.33 bits per heavy atom. The van der Waals surface area contributed by atoms with Crippen LogP contribution in [0.25, 0.3) is 0 Å². The third-order valence-corrected chi connectivity index (χ3v) is 6.30. The molecular formula is C29H30N2O2. The SMILES string of the molecule is O[C@H]1COC2=CC(N(Cc3ccccc3)Cc3ccccc3)=CC(Cc3ccccc3)C2N1. The lowest BCUT2D eigenvalue weighted by molar-refractivity contribution is -0.0101. The van der Waals surface area contributed by atoms with Gasteiger partial charge >= 0.3 is 0 Å². The fourth-order valence-electron chi connectivity index (χ4n) is 4.68. The number of fused-ring (bicyclic) bond motifs is 1. The highest BCUT2D eigenvalue weighted by molar-refractivity contribution is 5.34. The van der Waals surface area contributed by atoms with Crippen LogP contribution in [-0.2, 0) is 24.2 Å². The van der Waals surface area contributed by atoms with Crippen molar-refractivity contribution in [2.75, 3.05) is 6.61 Å². The van der Waals surface area contributed by atoms with Gasteiger partial charge in [-0.05, 0) is 23.1 Å². The molecule has 1 aliphatic carbocycles. The molecule has 0 amide bonds. The number of ether oxygens (including phenoxy) is 1. The van der Waals surface area contributed by atoms with E-state index in [9.17, 15) is 5.11 Å². The van der Waals surface area contributed by atoms with Crippen LogP contribution in [0.1, 0.15) is 16.7 Å². The Morgan fingerprint density at radius 3 is 1.91 bits per heavy atom. The van der Waals surface area contributed by atoms with Crippen LogP contribution < -0.4 is 5.32 Å². The Morgan fingerprint density at radius 1 is 0.788 bits per heavy atom. The van der Waals surface area contributed by atoms with Crippen molar-refractivity contribution in [3.8, 4) is 0 Å². The number of hydrogen-bond donors (Lipinski definition) is 2. The highest BCUT2D eigenvalue weighted by Gasteiger charge is 2.35. The number of hydrogen-bond acceptors (Lipinski definition) is 4. The van der Waals surface area contributed by atoms with E-state index in [1.165, 1.54) is 16.7 Å². The number of aliphatic hydroxyl groups excluding tert-OH is 1. The highest BCUT2D eigenvalue weighted by Crippen LogP contribution is 2.32. The predicted octanol–water partition coefficient (Wildman–Crippen LogP) is 4.64. The quantitative estimate of drug-likeness (QED) is 0.564. The minimum atomic E-state index is -0.648. The first-order chi connectivity index (χ1) is 16.2. The summed E-state index contributed by atoms with van der Waals surface area (Å²) in [7, 11) is 0. The molecule has 3 atom stereocenters. The predicted molar refractivity (Wildman–Crippen MR) is 131 cm³/mol. The first-order valence-corrected chi connectivity index (χ1v) is 11.6. The number of benzene rings is 3. The van der Waals surface area contributed by atoms with Crippen molar-refractivity contribution in [1.29, 1.82) is 0 Å². The van der Waals surface area contributed by atoms with E-state index >= 15 is 0 Å². The molecule has 0 aromatic heterocycles. The monoisotopic (exact) mass is 438 g/mol. The number of nitrogens with one attached hydrogen (secondary N) is 1. The van der Waals surface area contributed by atoms with Crippen molar-refractivity contribution in [2.24, 2.45) is 5.92 Å². The van der Waals surface area contributed by atoms with Crippen LogP contribution in [0.5, 0.6) is 0 Å². The van der Waals surface area contributed by atoms with Crippen LogP contribution in [0.4, 0.5) is 0 Å². The van der Waals surface area contributed by atoms with Crippen LogP contribution in [0.3, 0.4) is 0 Å². The average Bonchev–Trinajstić information content (AvgIpc) is 2.86. The van der Waals surface area contributed by atoms with E-state index in [1.54, 1.807) is 0 Å². The number of allylic oxidation sites excluding steroid dienone is 1. The largest absolute Gasteiger partial charge is 0.492 e. The lowest BCUT2D eigenvalue weighted by Gasteiger charge is -2.39. The molecule has 1 fully saturated rings. The fraction of sp³-hybridized carbons (Fsp3) is 0.241. The topological polar surface area (TPSA) is 44.7 Å². The molecule has 0 bridgehead atoms. The van der Waals surface area contributed by atoms with E-state index in [0.29, 0.717) is 0 Å². The second kappa shape index (κ2) is 10.1. The molecule has 1 heterocycles. The maximum atomic E-state index is 10.2. The summed E-state index contributed by atoms with van der Waals surface area (Å²) in [5.74, 6) is 1.08. The Kier molecular flexibility index (Phi) is 6.56. The summed E-state index contributed by atoms with van der Waals surface area (Å²) in [6.45, 7) is 1.89. The molecule has 2 N–H and O–H groups in total. The van der Waals surface area contributed by atoms with Crippen LogP contribution in [0.15, 0.2) is 115 Å². The second-order valence-corrected chi connectivity index (χ2v) is 8.79. The lowest BCUT2D eigenvalue weighted by atomic mass is 9.85. The summed E-state index contributed by atoms with van der Waals surface area (Å²) >= 11 is 0.